The van der Waals surface area contributed by atoms with Gasteiger partial charge in [-0.05, 0) is 11.5 Å². The molecule has 2 aromatic carbocycles. The molecule has 76 valence electrons. The van der Waals surface area contributed by atoms with Crippen LogP contribution in [-0.2, 0) is 0 Å². The molecule has 0 amide bonds. The van der Waals surface area contributed by atoms with E-state index >= 15 is 0 Å². The van der Waals surface area contributed by atoms with E-state index in [1.807, 2.05) is 42.5 Å². The fraction of sp³-hybridized carbons (Fsp3) is 0. The number of nitrogens with one attached hydrogen (secondary N) is 1. The molecule has 0 heterocycles. The van der Waals surface area contributed by atoms with E-state index < -0.39 is 0 Å². The highest BCUT2D eigenvalue weighted by atomic mass is 16.5. The van der Waals surface area contributed by atoms with Gasteiger partial charge in [0.25, 0.3) is 0 Å². The molecule has 4 heteroatoms. The quantitative estimate of drug-likeness (QED) is 0.374. The van der Waals surface area contributed by atoms with E-state index in [1.54, 1.807) is 5.48 Å². The van der Waals surface area contributed by atoms with Crippen LogP contribution in [0.2, 0.25) is 0 Å². The summed E-state index contributed by atoms with van der Waals surface area (Å²) < 4.78 is 0. The number of hydrogen-bond donors (Lipinski definition) is 3. The van der Waals surface area contributed by atoms with Crippen LogP contribution in [0, 0.1) is 0 Å². The zero-order chi connectivity index (χ0) is 10.7. The van der Waals surface area contributed by atoms with Crippen LogP contribution in [0.1, 0.15) is 0 Å². The molecule has 4 N–H and O–H groups in total. The lowest BCUT2D eigenvalue weighted by Gasteiger charge is -2.02. The summed E-state index contributed by atoms with van der Waals surface area (Å²) in [6, 6.07) is 13.6. The molecule has 15 heavy (non-hydrogen) atoms. The van der Waals surface area contributed by atoms with Crippen LogP contribution in [0.5, 0.6) is 0 Å². The molecule has 0 spiro atoms. The number of aliphatic imine (C=N–C) groups is 1. The predicted molar refractivity (Wildman–Crippen MR) is 60.2 cm³/mol. The SMILES string of the molecule is NC(=Nc1cccc2ccccc12)NO. The van der Waals surface area contributed by atoms with Crippen molar-refractivity contribution in [3.8, 4) is 0 Å². The number of fused-ring (bicyclic) bond motifs is 1. The molecule has 2 rings (SSSR count). The van der Waals surface area contributed by atoms with Crippen molar-refractivity contribution in [2.75, 3.05) is 0 Å². The van der Waals surface area contributed by atoms with E-state index in [2.05, 4.69) is 4.99 Å². The van der Waals surface area contributed by atoms with Crippen LogP contribution in [0.25, 0.3) is 10.8 Å². The fourth-order valence-corrected chi connectivity index (χ4v) is 1.46. The van der Waals surface area contributed by atoms with Crippen molar-refractivity contribution in [3.63, 3.8) is 0 Å². The van der Waals surface area contributed by atoms with Gasteiger partial charge in [0.05, 0.1) is 5.69 Å². The maximum absolute atomic E-state index is 8.56. The van der Waals surface area contributed by atoms with E-state index in [4.69, 9.17) is 10.9 Å². The van der Waals surface area contributed by atoms with Gasteiger partial charge in [-0.1, -0.05) is 36.4 Å². The number of hydrogen-bond acceptors (Lipinski definition) is 2. The maximum atomic E-state index is 8.56. The summed E-state index contributed by atoms with van der Waals surface area (Å²) in [4.78, 5) is 4.04. The molecule has 4 nitrogen and oxygen atoms in total. The normalized spacial score (nSPS) is 11.7. The fourth-order valence-electron chi connectivity index (χ4n) is 1.46. The lowest BCUT2D eigenvalue weighted by molar-refractivity contribution is 0.233. The van der Waals surface area contributed by atoms with Gasteiger partial charge in [-0.25, -0.2) is 10.5 Å². The highest BCUT2D eigenvalue weighted by molar-refractivity contribution is 5.95. The Morgan fingerprint density at radius 3 is 2.67 bits per heavy atom. The molecule has 0 aliphatic carbocycles. The molecule has 0 aromatic heterocycles. The summed E-state index contributed by atoms with van der Waals surface area (Å²) in [5.41, 5.74) is 7.92. The van der Waals surface area contributed by atoms with Gasteiger partial charge < -0.3 is 5.73 Å². The maximum Gasteiger partial charge on any atom is 0.218 e. The van der Waals surface area contributed by atoms with Crippen molar-refractivity contribution >= 4 is 22.4 Å². The highest BCUT2D eigenvalue weighted by Gasteiger charge is 1.98. The van der Waals surface area contributed by atoms with Crippen molar-refractivity contribution in [3.05, 3.63) is 42.5 Å². The lowest BCUT2D eigenvalue weighted by Crippen LogP contribution is -2.27. The second-order valence-electron chi connectivity index (χ2n) is 3.11. The number of guanidine groups is 1. The van der Waals surface area contributed by atoms with Crippen LogP contribution in [0.15, 0.2) is 47.5 Å². The molecule has 0 aliphatic heterocycles. The summed E-state index contributed by atoms with van der Waals surface area (Å²) in [5.74, 6) is -0.0219. The third kappa shape index (κ3) is 1.89. The third-order valence-corrected chi connectivity index (χ3v) is 2.12. The van der Waals surface area contributed by atoms with Gasteiger partial charge in [-0.3, -0.25) is 5.21 Å². The summed E-state index contributed by atoms with van der Waals surface area (Å²) >= 11 is 0. The van der Waals surface area contributed by atoms with Crippen LogP contribution in [0.4, 0.5) is 5.69 Å². The smallest absolute Gasteiger partial charge is 0.218 e. The standard InChI is InChI=1S/C11H11N3O/c12-11(14-15)13-10-7-3-5-8-4-1-2-6-9(8)10/h1-7,15H,(H3,12,13,14). The Labute approximate surface area is 87.0 Å². The average molecular weight is 201 g/mol. The Morgan fingerprint density at radius 1 is 1.13 bits per heavy atom. The van der Waals surface area contributed by atoms with Gasteiger partial charge in [-0.15, -0.1) is 0 Å². The first kappa shape index (κ1) is 9.48. The molecule has 0 bridgehead atoms. The first-order chi connectivity index (χ1) is 7.31. The molecule has 0 saturated carbocycles. The number of hydroxylamine groups is 1. The zero-order valence-electron chi connectivity index (χ0n) is 8.01. The number of nitrogens with two attached hydrogens (primary N) is 1. The van der Waals surface area contributed by atoms with Gasteiger partial charge in [-0.2, -0.15) is 0 Å². The average Bonchev–Trinajstić information content (AvgIpc) is 2.29. The van der Waals surface area contributed by atoms with Crippen LogP contribution in [0.3, 0.4) is 0 Å². The summed E-state index contributed by atoms with van der Waals surface area (Å²) in [5, 5.41) is 10.6. The third-order valence-electron chi connectivity index (χ3n) is 2.12. The minimum absolute atomic E-state index is 0.0219. The van der Waals surface area contributed by atoms with Crippen LogP contribution < -0.4 is 11.2 Å². The molecule has 0 fully saturated rings. The Balaban J connectivity index is 2.61. The van der Waals surface area contributed by atoms with E-state index in [1.165, 1.54) is 0 Å². The van der Waals surface area contributed by atoms with Crippen molar-refractivity contribution in [1.29, 1.82) is 0 Å². The molecule has 0 saturated heterocycles. The molecule has 0 aliphatic rings. The van der Waals surface area contributed by atoms with E-state index in [-0.39, 0.29) is 5.96 Å². The lowest BCUT2D eigenvalue weighted by atomic mass is 10.1. The number of benzene rings is 2. The molecule has 0 unspecified atom stereocenters. The van der Waals surface area contributed by atoms with Crippen molar-refractivity contribution in [1.82, 2.24) is 5.48 Å². The van der Waals surface area contributed by atoms with Gasteiger partial charge in [0.2, 0.25) is 5.96 Å². The number of rotatable bonds is 1. The van der Waals surface area contributed by atoms with Crippen LogP contribution in [-0.4, -0.2) is 11.2 Å². The molecular weight excluding hydrogens is 190 g/mol. The predicted octanol–water partition coefficient (Wildman–Crippen LogP) is 1.76. The first-order valence-electron chi connectivity index (χ1n) is 4.53. The topological polar surface area (TPSA) is 70.6 Å². The van der Waals surface area contributed by atoms with Gasteiger partial charge >= 0.3 is 0 Å². The van der Waals surface area contributed by atoms with Gasteiger partial charge in [0.15, 0.2) is 0 Å². The summed E-state index contributed by atoms with van der Waals surface area (Å²) in [7, 11) is 0. The zero-order valence-corrected chi connectivity index (χ0v) is 8.01. The second kappa shape index (κ2) is 3.98. The minimum Gasteiger partial charge on any atom is -0.368 e. The van der Waals surface area contributed by atoms with E-state index in [9.17, 15) is 0 Å². The number of nitrogens with zero attached hydrogens (tertiary/aromatic N) is 1. The minimum atomic E-state index is -0.0219. The molecule has 0 atom stereocenters. The Bertz CT molecular complexity index is 503. The van der Waals surface area contributed by atoms with Crippen molar-refractivity contribution in [2.24, 2.45) is 10.7 Å². The van der Waals surface area contributed by atoms with E-state index in [0.717, 1.165) is 16.5 Å². The van der Waals surface area contributed by atoms with Crippen molar-refractivity contribution < 1.29 is 5.21 Å². The Hall–Kier alpha value is -2.07. The van der Waals surface area contributed by atoms with Gasteiger partial charge in [0.1, 0.15) is 0 Å². The second-order valence-corrected chi connectivity index (χ2v) is 3.11. The molecular formula is C11H11N3O. The molecule has 0 radical (unpaired) electrons. The van der Waals surface area contributed by atoms with Crippen molar-refractivity contribution in [2.45, 2.75) is 0 Å². The van der Waals surface area contributed by atoms with E-state index in [0.29, 0.717) is 0 Å². The Kier molecular flexibility index (Phi) is 2.51. The van der Waals surface area contributed by atoms with Gasteiger partial charge in [0, 0.05) is 5.39 Å². The Morgan fingerprint density at radius 2 is 1.87 bits per heavy atom. The monoisotopic (exact) mass is 201 g/mol. The summed E-state index contributed by atoms with van der Waals surface area (Å²) in [6.07, 6.45) is 0. The highest BCUT2D eigenvalue weighted by Crippen LogP contribution is 2.25. The largest absolute Gasteiger partial charge is 0.368 e. The first-order valence-corrected chi connectivity index (χ1v) is 4.53. The summed E-state index contributed by atoms with van der Waals surface area (Å²) in [6.45, 7) is 0. The van der Waals surface area contributed by atoms with Crippen LogP contribution >= 0.6 is 0 Å². The molecule has 2 aromatic rings.